The Hall–Kier alpha value is -1.76. The molecule has 0 unspecified atom stereocenters. The number of amides is 1. The van der Waals surface area contributed by atoms with Gasteiger partial charge in [0.15, 0.2) is 9.84 Å². The van der Waals surface area contributed by atoms with Gasteiger partial charge in [0.25, 0.3) is 0 Å². The zero-order valence-electron chi connectivity index (χ0n) is 12.2. The van der Waals surface area contributed by atoms with Gasteiger partial charge in [-0.15, -0.1) is 0 Å². The molecule has 1 fully saturated rings. The molecule has 6 nitrogen and oxygen atoms in total. The highest BCUT2D eigenvalue weighted by molar-refractivity contribution is 7.92. The zero-order valence-corrected chi connectivity index (χ0v) is 13.1. The Labute approximate surface area is 124 Å². The molecule has 116 valence electrons. The average Bonchev–Trinajstić information content (AvgIpc) is 2.23. The molecule has 0 bridgehead atoms. The standard InChI is InChI=1S/C14H19NO5S/c1-14(2,3)20-13(17)15-8-12(9-15)21(18,19)11-6-4-5-10(16)7-11/h4-7,12,16H,8-9H2,1-3H3. The SMILES string of the molecule is CC(C)(C)OC(=O)N1CC(S(=O)(=O)c2cccc(O)c2)C1. The van der Waals surface area contributed by atoms with Crippen molar-refractivity contribution in [2.75, 3.05) is 13.1 Å². The van der Waals surface area contributed by atoms with Crippen molar-refractivity contribution in [1.82, 2.24) is 4.90 Å². The maximum Gasteiger partial charge on any atom is 0.410 e. The van der Waals surface area contributed by atoms with Crippen molar-refractivity contribution >= 4 is 15.9 Å². The lowest BCUT2D eigenvalue weighted by atomic mass is 10.2. The van der Waals surface area contributed by atoms with E-state index < -0.39 is 26.8 Å². The number of rotatable bonds is 2. The van der Waals surface area contributed by atoms with Gasteiger partial charge in [0, 0.05) is 13.1 Å². The normalized spacial score (nSPS) is 16.4. The molecular weight excluding hydrogens is 294 g/mol. The predicted molar refractivity (Wildman–Crippen MR) is 76.9 cm³/mol. The minimum Gasteiger partial charge on any atom is -0.508 e. The molecule has 7 heteroatoms. The lowest BCUT2D eigenvalue weighted by Gasteiger charge is -2.39. The number of carbonyl (C=O) groups is 1. The zero-order chi connectivity index (χ0) is 15.8. The van der Waals surface area contributed by atoms with E-state index in [4.69, 9.17) is 4.74 Å². The van der Waals surface area contributed by atoms with Crippen LogP contribution in [-0.2, 0) is 14.6 Å². The van der Waals surface area contributed by atoms with Crippen LogP contribution in [0.3, 0.4) is 0 Å². The smallest absolute Gasteiger partial charge is 0.410 e. The van der Waals surface area contributed by atoms with E-state index in [-0.39, 0.29) is 23.7 Å². The van der Waals surface area contributed by atoms with E-state index in [1.54, 1.807) is 20.8 Å². The highest BCUT2D eigenvalue weighted by Gasteiger charge is 2.42. The number of sulfone groups is 1. The second kappa shape index (κ2) is 5.22. The van der Waals surface area contributed by atoms with Gasteiger partial charge in [0.2, 0.25) is 0 Å². The molecule has 1 aliphatic heterocycles. The Morgan fingerprint density at radius 1 is 1.33 bits per heavy atom. The Balaban J connectivity index is 2.02. The number of phenols is 1. The van der Waals surface area contributed by atoms with Gasteiger partial charge in [-0.25, -0.2) is 13.2 Å². The Morgan fingerprint density at radius 3 is 2.48 bits per heavy atom. The van der Waals surface area contributed by atoms with Crippen LogP contribution < -0.4 is 0 Å². The van der Waals surface area contributed by atoms with Crippen LogP contribution in [-0.4, -0.2) is 48.5 Å². The van der Waals surface area contributed by atoms with Crippen molar-refractivity contribution in [1.29, 1.82) is 0 Å². The van der Waals surface area contributed by atoms with Gasteiger partial charge < -0.3 is 14.7 Å². The van der Waals surface area contributed by atoms with Crippen molar-refractivity contribution in [2.24, 2.45) is 0 Å². The van der Waals surface area contributed by atoms with E-state index in [0.29, 0.717) is 0 Å². The van der Waals surface area contributed by atoms with E-state index in [0.717, 1.165) is 0 Å². The maximum absolute atomic E-state index is 12.3. The predicted octanol–water partition coefficient (Wildman–Crippen LogP) is 1.79. The molecule has 1 aromatic rings. The molecule has 2 rings (SSSR count). The largest absolute Gasteiger partial charge is 0.508 e. The van der Waals surface area contributed by atoms with Crippen LogP contribution in [0.5, 0.6) is 5.75 Å². The summed E-state index contributed by atoms with van der Waals surface area (Å²) in [5.74, 6) is -0.0978. The Bertz CT molecular complexity index is 642. The third-order valence-corrected chi connectivity index (χ3v) is 5.17. The molecule has 1 aliphatic rings. The summed E-state index contributed by atoms with van der Waals surface area (Å²) in [7, 11) is -3.54. The quantitative estimate of drug-likeness (QED) is 0.900. The topological polar surface area (TPSA) is 83.9 Å². The van der Waals surface area contributed by atoms with Gasteiger partial charge in [0.1, 0.15) is 16.6 Å². The monoisotopic (exact) mass is 313 g/mol. The fourth-order valence-corrected chi connectivity index (χ4v) is 3.65. The number of phenolic OH excluding ortho intramolecular Hbond substituents is 1. The number of likely N-dealkylation sites (tertiary alicyclic amines) is 1. The highest BCUT2D eigenvalue weighted by Crippen LogP contribution is 2.26. The van der Waals surface area contributed by atoms with Crippen LogP contribution in [0.25, 0.3) is 0 Å². The average molecular weight is 313 g/mol. The fourth-order valence-electron chi connectivity index (χ4n) is 1.96. The molecule has 1 aromatic carbocycles. The molecule has 1 saturated heterocycles. The van der Waals surface area contributed by atoms with Crippen LogP contribution >= 0.6 is 0 Å². The third-order valence-electron chi connectivity index (χ3n) is 3.08. The minimum atomic E-state index is -3.54. The molecule has 21 heavy (non-hydrogen) atoms. The van der Waals surface area contributed by atoms with Crippen LogP contribution in [0, 0.1) is 0 Å². The van der Waals surface area contributed by atoms with E-state index >= 15 is 0 Å². The molecule has 0 spiro atoms. The molecule has 1 amide bonds. The van der Waals surface area contributed by atoms with E-state index in [2.05, 4.69) is 0 Å². The molecule has 1 N–H and O–H groups in total. The lowest BCUT2D eigenvalue weighted by Crippen LogP contribution is -2.57. The highest BCUT2D eigenvalue weighted by atomic mass is 32.2. The summed E-state index contributed by atoms with van der Waals surface area (Å²) in [5, 5.41) is 8.71. The summed E-state index contributed by atoms with van der Waals surface area (Å²) in [5.41, 5.74) is -0.605. The summed E-state index contributed by atoms with van der Waals surface area (Å²) in [4.78, 5) is 13.2. The second-order valence-corrected chi connectivity index (χ2v) is 8.28. The minimum absolute atomic E-state index is 0.0661. The van der Waals surface area contributed by atoms with Gasteiger partial charge in [0.05, 0.1) is 4.90 Å². The molecule has 0 aliphatic carbocycles. The first kappa shape index (κ1) is 15.6. The number of benzene rings is 1. The number of ether oxygens (including phenoxy) is 1. The van der Waals surface area contributed by atoms with Crippen LogP contribution in [0.4, 0.5) is 4.79 Å². The fraction of sp³-hybridized carbons (Fsp3) is 0.500. The third kappa shape index (κ3) is 3.47. The van der Waals surface area contributed by atoms with Crippen LogP contribution in [0.1, 0.15) is 20.8 Å². The van der Waals surface area contributed by atoms with Crippen LogP contribution in [0.15, 0.2) is 29.2 Å². The molecule has 0 radical (unpaired) electrons. The van der Waals surface area contributed by atoms with E-state index in [1.807, 2.05) is 0 Å². The number of hydrogen-bond acceptors (Lipinski definition) is 5. The molecule has 0 atom stereocenters. The van der Waals surface area contributed by atoms with Crippen molar-refractivity contribution in [3.8, 4) is 5.75 Å². The molecule has 0 aromatic heterocycles. The first-order chi connectivity index (χ1) is 9.59. The van der Waals surface area contributed by atoms with Crippen molar-refractivity contribution < 1.29 is 23.1 Å². The Morgan fingerprint density at radius 2 is 1.95 bits per heavy atom. The molecule has 1 heterocycles. The molecule has 0 saturated carbocycles. The summed E-state index contributed by atoms with van der Waals surface area (Å²) in [6, 6.07) is 5.54. The summed E-state index contributed by atoms with van der Waals surface area (Å²) in [6.45, 7) is 5.47. The summed E-state index contributed by atoms with van der Waals surface area (Å²) in [6.07, 6.45) is -0.509. The Kier molecular flexibility index (Phi) is 3.88. The number of carbonyl (C=O) groups excluding carboxylic acids is 1. The first-order valence-corrected chi connectivity index (χ1v) is 8.15. The lowest BCUT2D eigenvalue weighted by molar-refractivity contribution is 0.0139. The number of aromatic hydroxyl groups is 1. The van der Waals surface area contributed by atoms with Gasteiger partial charge in [-0.05, 0) is 39.0 Å². The van der Waals surface area contributed by atoms with E-state index in [9.17, 15) is 18.3 Å². The number of nitrogens with zero attached hydrogens (tertiary/aromatic N) is 1. The van der Waals surface area contributed by atoms with Gasteiger partial charge in [-0.3, -0.25) is 0 Å². The van der Waals surface area contributed by atoms with Gasteiger partial charge >= 0.3 is 6.09 Å². The maximum atomic E-state index is 12.3. The van der Waals surface area contributed by atoms with Crippen LogP contribution in [0.2, 0.25) is 0 Å². The van der Waals surface area contributed by atoms with Gasteiger partial charge in [-0.2, -0.15) is 0 Å². The van der Waals surface area contributed by atoms with Crippen molar-refractivity contribution in [3.63, 3.8) is 0 Å². The van der Waals surface area contributed by atoms with Gasteiger partial charge in [-0.1, -0.05) is 6.07 Å². The van der Waals surface area contributed by atoms with Crippen molar-refractivity contribution in [2.45, 2.75) is 36.5 Å². The first-order valence-electron chi connectivity index (χ1n) is 6.60. The second-order valence-electron chi connectivity index (χ2n) is 6.05. The number of hydrogen-bond donors (Lipinski definition) is 1. The van der Waals surface area contributed by atoms with E-state index in [1.165, 1.54) is 29.2 Å². The summed E-state index contributed by atoms with van der Waals surface area (Å²) >= 11 is 0. The molecular formula is C14H19NO5S. The van der Waals surface area contributed by atoms with Crippen molar-refractivity contribution in [3.05, 3.63) is 24.3 Å². The summed E-state index contributed by atoms with van der Waals surface area (Å²) < 4.78 is 29.8.